The Balaban J connectivity index is 2.27. The van der Waals surface area contributed by atoms with Gasteiger partial charge in [0, 0.05) is 19.3 Å². The molecule has 0 amide bonds. The van der Waals surface area contributed by atoms with Gasteiger partial charge in [0.05, 0.1) is 13.2 Å². The first kappa shape index (κ1) is 8.83. The summed E-state index contributed by atoms with van der Waals surface area (Å²) < 4.78 is 0. The number of aliphatic hydroxyl groups is 1. The van der Waals surface area contributed by atoms with Crippen LogP contribution in [0.4, 0.5) is 0 Å². The molecule has 0 fully saturated rings. The van der Waals surface area contributed by atoms with Crippen molar-refractivity contribution >= 4 is 16.9 Å². The van der Waals surface area contributed by atoms with Gasteiger partial charge in [-0.3, -0.25) is 10.4 Å². The standard InChI is InChI=1S/C6H13N3OS/c1-9-3-2-7-6(8-9)11-5-4-10/h10H,2-5H2,1H3,(H,7,8). The molecule has 0 radical (unpaired) electrons. The van der Waals surface area contributed by atoms with Gasteiger partial charge >= 0.3 is 0 Å². The van der Waals surface area contributed by atoms with Crippen molar-refractivity contribution in [2.24, 2.45) is 4.99 Å². The fourth-order valence-corrected chi connectivity index (χ4v) is 1.46. The second kappa shape index (κ2) is 4.58. The minimum atomic E-state index is 0.203. The van der Waals surface area contributed by atoms with E-state index in [0.717, 1.165) is 18.3 Å². The lowest BCUT2D eigenvalue weighted by Gasteiger charge is -2.23. The number of likely N-dealkylation sites (N-methyl/N-ethyl adjacent to an activating group) is 1. The summed E-state index contributed by atoms with van der Waals surface area (Å²) in [5.41, 5.74) is 3.09. The molecule has 0 aromatic carbocycles. The number of hydrazine groups is 1. The average Bonchev–Trinajstić information content (AvgIpc) is 2.01. The number of hydrogen-bond acceptors (Lipinski definition) is 5. The fourth-order valence-electron chi connectivity index (χ4n) is 0.776. The second-order valence-corrected chi connectivity index (χ2v) is 3.38. The number of amidine groups is 1. The van der Waals surface area contributed by atoms with Crippen molar-refractivity contribution in [3.8, 4) is 0 Å². The average molecular weight is 175 g/mol. The van der Waals surface area contributed by atoms with Crippen LogP contribution < -0.4 is 5.43 Å². The molecule has 1 heterocycles. The normalized spacial score (nSPS) is 19.3. The van der Waals surface area contributed by atoms with Crippen LogP contribution in [0.2, 0.25) is 0 Å². The molecule has 1 aliphatic heterocycles. The maximum atomic E-state index is 8.55. The molecule has 4 nitrogen and oxygen atoms in total. The first-order valence-corrected chi connectivity index (χ1v) is 4.57. The fraction of sp³-hybridized carbons (Fsp3) is 0.833. The van der Waals surface area contributed by atoms with Crippen LogP contribution in [0.3, 0.4) is 0 Å². The highest BCUT2D eigenvalue weighted by molar-refractivity contribution is 8.13. The molecule has 0 saturated carbocycles. The van der Waals surface area contributed by atoms with E-state index < -0.39 is 0 Å². The molecular formula is C6H13N3OS. The maximum absolute atomic E-state index is 8.55. The minimum Gasteiger partial charge on any atom is -0.396 e. The third-order valence-corrected chi connectivity index (χ3v) is 2.19. The zero-order valence-corrected chi connectivity index (χ0v) is 7.39. The van der Waals surface area contributed by atoms with Gasteiger partial charge in [0.1, 0.15) is 0 Å². The van der Waals surface area contributed by atoms with Crippen molar-refractivity contribution in [2.75, 3.05) is 32.5 Å². The van der Waals surface area contributed by atoms with Gasteiger partial charge in [-0.1, -0.05) is 11.8 Å². The second-order valence-electron chi connectivity index (χ2n) is 2.29. The van der Waals surface area contributed by atoms with Crippen molar-refractivity contribution in [2.45, 2.75) is 0 Å². The topological polar surface area (TPSA) is 47.9 Å². The number of aliphatic hydroxyl groups excluding tert-OH is 1. The molecule has 1 rings (SSSR count). The molecule has 0 aromatic rings. The summed E-state index contributed by atoms with van der Waals surface area (Å²) in [6.07, 6.45) is 0. The predicted octanol–water partition coefficient (Wildman–Crippen LogP) is -0.482. The SMILES string of the molecule is CN1CCN=C(SCCO)N1. The Kier molecular flexibility index (Phi) is 3.68. The summed E-state index contributed by atoms with van der Waals surface area (Å²) in [7, 11) is 1.98. The number of aliphatic imine (C=N–C) groups is 1. The van der Waals surface area contributed by atoms with Gasteiger partial charge in [-0.25, -0.2) is 5.01 Å². The van der Waals surface area contributed by atoms with E-state index in [2.05, 4.69) is 10.4 Å². The van der Waals surface area contributed by atoms with Crippen LogP contribution >= 0.6 is 11.8 Å². The molecule has 0 atom stereocenters. The Labute approximate surface area is 70.7 Å². The van der Waals surface area contributed by atoms with Gasteiger partial charge in [-0.15, -0.1) is 0 Å². The zero-order chi connectivity index (χ0) is 8.10. The molecule has 64 valence electrons. The smallest absolute Gasteiger partial charge is 0.171 e. The highest BCUT2D eigenvalue weighted by atomic mass is 32.2. The largest absolute Gasteiger partial charge is 0.396 e. The first-order chi connectivity index (χ1) is 5.33. The van der Waals surface area contributed by atoms with Gasteiger partial charge in [0.15, 0.2) is 5.17 Å². The van der Waals surface area contributed by atoms with Gasteiger partial charge in [0.25, 0.3) is 0 Å². The predicted molar refractivity (Wildman–Crippen MR) is 47.6 cm³/mol. The van der Waals surface area contributed by atoms with E-state index in [0.29, 0.717) is 5.75 Å². The van der Waals surface area contributed by atoms with Gasteiger partial charge < -0.3 is 5.11 Å². The molecule has 0 saturated heterocycles. The van der Waals surface area contributed by atoms with Crippen LogP contribution in [0.5, 0.6) is 0 Å². The Hall–Kier alpha value is -0.260. The molecular weight excluding hydrogens is 162 g/mol. The van der Waals surface area contributed by atoms with E-state index in [4.69, 9.17) is 5.11 Å². The maximum Gasteiger partial charge on any atom is 0.171 e. The van der Waals surface area contributed by atoms with Crippen LogP contribution in [-0.2, 0) is 0 Å². The lowest BCUT2D eigenvalue weighted by molar-refractivity contribution is 0.291. The summed E-state index contributed by atoms with van der Waals surface area (Å²) in [5.74, 6) is 0.708. The first-order valence-electron chi connectivity index (χ1n) is 3.59. The zero-order valence-electron chi connectivity index (χ0n) is 6.58. The van der Waals surface area contributed by atoms with Crippen LogP contribution in [-0.4, -0.2) is 47.8 Å². The van der Waals surface area contributed by atoms with E-state index in [1.165, 1.54) is 0 Å². The van der Waals surface area contributed by atoms with E-state index in [1.54, 1.807) is 11.8 Å². The monoisotopic (exact) mass is 175 g/mol. The lowest BCUT2D eigenvalue weighted by atomic mass is 10.6. The van der Waals surface area contributed by atoms with Crippen LogP contribution in [0.1, 0.15) is 0 Å². The van der Waals surface area contributed by atoms with E-state index in [9.17, 15) is 0 Å². The highest BCUT2D eigenvalue weighted by Gasteiger charge is 2.07. The Morgan fingerprint density at radius 2 is 2.64 bits per heavy atom. The summed E-state index contributed by atoms with van der Waals surface area (Å²) in [6.45, 7) is 2.00. The summed E-state index contributed by atoms with van der Waals surface area (Å²) in [4.78, 5) is 4.23. The quantitative estimate of drug-likeness (QED) is 0.595. The molecule has 5 heteroatoms. The molecule has 0 aliphatic carbocycles. The molecule has 1 aliphatic rings. The summed E-state index contributed by atoms with van der Waals surface area (Å²) >= 11 is 1.55. The minimum absolute atomic E-state index is 0.203. The number of nitrogens with zero attached hydrogens (tertiary/aromatic N) is 2. The van der Waals surface area contributed by atoms with Crippen molar-refractivity contribution in [1.82, 2.24) is 10.4 Å². The Morgan fingerprint density at radius 1 is 1.82 bits per heavy atom. The summed E-state index contributed by atoms with van der Waals surface area (Å²) in [5, 5.41) is 11.4. The van der Waals surface area contributed by atoms with E-state index in [-0.39, 0.29) is 6.61 Å². The third kappa shape index (κ3) is 3.09. The lowest BCUT2D eigenvalue weighted by Crippen LogP contribution is -2.43. The Bertz CT molecular complexity index is 151. The van der Waals surface area contributed by atoms with Gasteiger partial charge in [-0.2, -0.15) is 0 Å². The van der Waals surface area contributed by atoms with Crippen molar-refractivity contribution in [3.05, 3.63) is 0 Å². The summed E-state index contributed by atoms with van der Waals surface area (Å²) in [6, 6.07) is 0. The number of hydrogen-bond donors (Lipinski definition) is 2. The molecule has 0 aromatic heterocycles. The van der Waals surface area contributed by atoms with Crippen molar-refractivity contribution in [1.29, 1.82) is 0 Å². The molecule has 0 bridgehead atoms. The van der Waals surface area contributed by atoms with Crippen LogP contribution in [0.15, 0.2) is 4.99 Å². The number of rotatable bonds is 2. The number of thioether (sulfide) groups is 1. The third-order valence-electron chi connectivity index (χ3n) is 1.31. The van der Waals surface area contributed by atoms with Crippen LogP contribution in [0, 0.1) is 0 Å². The van der Waals surface area contributed by atoms with Crippen molar-refractivity contribution in [3.63, 3.8) is 0 Å². The molecule has 0 unspecified atom stereocenters. The van der Waals surface area contributed by atoms with E-state index in [1.807, 2.05) is 12.1 Å². The molecule has 0 spiro atoms. The molecule has 2 N–H and O–H groups in total. The van der Waals surface area contributed by atoms with Gasteiger partial charge in [-0.05, 0) is 0 Å². The van der Waals surface area contributed by atoms with Gasteiger partial charge in [0.2, 0.25) is 0 Å². The Morgan fingerprint density at radius 3 is 3.27 bits per heavy atom. The molecule has 11 heavy (non-hydrogen) atoms. The highest BCUT2D eigenvalue weighted by Crippen LogP contribution is 2.03. The van der Waals surface area contributed by atoms with Crippen LogP contribution in [0.25, 0.3) is 0 Å². The van der Waals surface area contributed by atoms with Crippen molar-refractivity contribution < 1.29 is 5.11 Å². The van der Waals surface area contributed by atoms with E-state index >= 15 is 0 Å². The number of nitrogens with one attached hydrogen (secondary N) is 1.